The standard InChI is InChI=1S/C32H33ClF2N4O4S/c1-18-14-23(29-28(36-18)25(17-44-29)31(41)42)22-15-20(33)4-7-27(22)43-13-12-39-19(2)37-26-6-5-21(16-24(26)30(39)40)38-10-3-8-32(34,35)9-11-38/h4,7,14-15,17,21H,3,5-6,8-13,16H2,1-2H3,(H,41,42)/t21-/m1/s1. The molecule has 0 bridgehead atoms. The predicted octanol–water partition coefficient (Wildman–Crippen LogP) is 6.55. The van der Waals surface area contributed by atoms with Gasteiger partial charge in [0.1, 0.15) is 18.2 Å². The van der Waals surface area contributed by atoms with Crippen molar-refractivity contribution in [3.63, 3.8) is 0 Å². The molecule has 1 N–H and O–H groups in total. The molecule has 0 amide bonds. The Morgan fingerprint density at radius 2 is 2.00 bits per heavy atom. The Morgan fingerprint density at radius 3 is 2.80 bits per heavy atom. The van der Waals surface area contributed by atoms with Crippen LogP contribution in [0.4, 0.5) is 8.78 Å². The van der Waals surface area contributed by atoms with Crippen LogP contribution in [-0.2, 0) is 19.4 Å². The van der Waals surface area contributed by atoms with Crippen molar-refractivity contribution in [3.05, 3.63) is 73.4 Å². The summed E-state index contributed by atoms with van der Waals surface area (Å²) in [4.78, 5) is 36.8. The molecule has 1 aromatic carbocycles. The molecule has 8 nitrogen and oxygen atoms in total. The maximum atomic E-state index is 14.0. The van der Waals surface area contributed by atoms with Crippen molar-refractivity contribution in [2.45, 2.75) is 70.9 Å². The molecule has 12 heteroatoms. The van der Waals surface area contributed by atoms with Gasteiger partial charge in [-0.1, -0.05) is 11.6 Å². The second-order valence-corrected chi connectivity index (χ2v) is 12.9. The molecule has 1 fully saturated rings. The van der Waals surface area contributed by atoms with E-state index in [9.17, 15) is 23.5 Å². The zero-order chi connectivity index (χ0) is 31.2. The fourth-order valence-corrected chi connectivity index (χ4v) is 7.59. The van der Waals surface area contributed by atoms with Crippen LogP contribution < -0.4 is 10.3 Å². The van der Waals surface area contributed by atoms with Crippen molar-refractivity contribution in [2.75, 3.05) is 19.7 Å². The zero-order valence-corrected chi connectivity index (χ0v) is 26.1. The van der Waals surface area contributed by atoms with Crippen LogP contribution in [0.25, 0.3) is 21.3 Å². The highest BCUT2D eigenvalue weighted by atomic mass is 35.5. The molecule has 4 heterocycles. The zero-order valence-electron chi connectivity index (χ0n) is 24.5. The molecule has 0 saturated carbocycles. The van der Waals surface area contributed by atoms with E-state index in [1.807, 2.05) is 19.9 Å². The van der Waals surface area contributed by atoms with Crippen LogP contribution in [0.2, 0.25) is 5.02 Å². The first-order chi connectivity index (χ1) is 21.0. The SMILES string of the molecule is Cc1cc(-c2cc(Cl)ccc2OCCn2c(C)nc3c(c2=O)C[C@H](N2CCCC(F)(F)CC2)CC3)c2scc(C(=O)O)c2n1. The summed E-state index contributed by atoms with van der Waals surface area (Å²) in [5.41, 5.74) is 4.04. The van der Waals surface area contributed by atoms with Crippen LogP contribution >= 0.6 is 22.9 Å². The summed E-state index contributed by atoms with van der Waals surface area (Å²) < 4.78 is 36.5. The van der Waals surface area contributed by atoms with Crippen molar-refractivity contribution in [1.82, 2.24) is 19.4 Å². The second-order valence-electron chi connectivity index (χ2n) is 11.6. The number of hydrogen-bond acceptors (Lipinski definition) is 7. The lowest BCUT2D eigenvalue weighted by Gasteiger charge is -2.34. The van der Waals surface area contributed by atoms with Crippen LogP contribution in [0.1, 0.15) is 58.8 Å². The van der Waals surface area contributed by atoms with Crippen LogP contribution in [0.15, 0.2) is 34.4 Å². The van der Waals surface area contributed by atoms with Gasteiger partial charge in [-0.05, 0) is 70.3 Å². The van der Waals surface area contributed by atoms with Crippen molar-refractivity contribution in [1.29, 1.82) is 0 Å². The first-order valence-electron chi connectivity index (χ1n) is 14.8. The number of carboxylic acid groups (broad SMARTS) is 1. The van der Waals surface area contributed by atoms with Gasteiger partial charge in [-0.3, -0.25) is 19.2 Å². The Bertz CT molecular complexity index is 1810. The minimum absolute atomic E-state index is 0.0504. The normalized spacial score (nSPS) is 18.6. The van der Waals surface area contributed by atoms with Gasteiger partial charge in [0.2, 0.25) is 5.92 Å². The van der Waals surface area contributed by atoms with Crippen LogP contribution in [0, 0.1) is 13.8 Å². The number of hydrogen-bond donors (Lipinski definition) is 1. The Labute approximate surface area is 262 Å². The van der Waals surface area contributed by atoms with E-state index in [1.165, 1.54) is 11.3 Å². The summed E-state index contributed by atoms with van der Waals surface area (Å²) in [5.74, 6) is -2.51. The highest BCUT2D eigenvalue weighted by molar-refractivity contribution is 7.18. The lowest BCUT2D eigenvalue weighted by Crippen LogP contribution is -2.43. The highest BCUT2D eigenvalue weighted by Gasteiger charge is 2.35. The number of halogens is 3. The molecular formula is C32H33ClF2N4O4S. The topological polar surface area (TPSA) is 97.6 Å². The van der Waals surface area contributed by atoms with Crippen molar-refractivity contribution in [2.24, 2.45) is 0 Å². The van der Waals surface area contributed by atoms with E-state index in [1.54, 1.807) is 28.1 Å². The highest BCUT2D eigenvalue weighted by Crippen LogP contribution is 2.40. The number of benzene rings is 1. The molecule has 1 aliphatic heterocycles. The quantitative estimate of drug-likeness (QED) is 0.244. The first kappa shape index (κ1) is 30.6. The average molecular weight is 643 g/mol. The number of likely N-dealkylation sites (tertiary alicyclic amines) is 1. The van der Waals surface area contributed by atoms with Gasteiger partial charge in [-0.2, -0.15) is 0 Å². The lowest BCUT2D eigenvalue weighted by atomic mass is 9.91. The molecule has 0 radical (unpaired) electrons. The summed E-state index contributed by atoms with van der Waals surface area (Å²) in [6.07, 6.45) is 2.18. The molecule has 1 atom stereocenters. The van der Waals surface area contributed by atoms with Crippen molar-refractivity contribution in [3.8, 4) is 16.9 Å². The van der Waals surface area contributed by atoms with Gasteiger partial charge < -0.3 is 9.84 Å². The van der Waals surface area contributed by atoms with Gasteiger partial charge in [0.15, 0.2) is 0 Å². The fraction of sp³-hybridized carbons (Fsp3) is 0.438. The summed E-state index contributed by atoms with van der Waals surface area (Å²) in [6, 6.07) is 7.20. The van der Waals surface area contributed by atoms with E-state index in [2.05, 4.69) is 9.88 Å². The largest absolute Gasteiger partial charge is 0.491 e. The molecule has 44 heavy (non-hydrogen) atoms. The molecule has 3 aromatic heterocycles. The smallest absolute Gasteiger partial charge is 0.338 e. The van der Waals surface area contributed by atoms with E-state index in [0.717, 1.165) is 17.7 Å². The number of nitrogens with zero attached hydrogens (tertiary/aromatic N) is 4. The van der Waals surface area contributed by atoms with Crippen LogP contribution in [0.5, 0.6) is 5.75 Å². The maximum absolute atomic E-state index is 14.0. The van der Waals surface area contributed by atoms with Gasteiger partial charge >= 0.3 is 5.97 Å². The molecule has 1 aliphatic carbocycles. The summed E-state index contributed by atoms with van der Waals surface area (Å²) in [7, 11) is 0. The first-order valence-corrected chi connectivity index (χ1v) is 16.0. The van der Waals surface area contributed by atoms with Crippen molar-refractivity contribution < 1.29 is 23.4 Å². The lowest BCUT2D eigenvalue weighted by molar-refractivity contribution is -0.0142. The van der Waals surface area contributed by atoms with Gasteiger partial charge in [-0.25, -0.2) is 18.6 Å². The third-order valence-electron chi connectivity index (χ3n) is 8.65. The summed E-state index contributed by atoms with van der Waals surface area (Å²) in [6.45, 7) is 5.02. The number of ether oxygens (including phenoxy) is 1. The second kappa shape index (κ2) is 12.2. The average Bonchev–Trinajstić information content (AvgIpc) is 3.32. The van der Waals surface area contributed by atoms with Gasteiger partial charge in [-0.15, -0.1) is 11.3 Å². The minimum Gasteiger partial charge on any atom is -0.491 e. The number of aryl methyl sites for hydroxylation is 3. The number of aromatic nitrogens is 3. The van der Waals surface area contributed by atoms with Crippen molar-refractivity contribution >= 4 is 39.1 Å². The number of rotatable bonds is 7. The Hall–Kier alpha value is -3.41. The molecule has 6 rings (SSSR count). The van der Waals surface area contributed by atoms with Gasteiger partial charge in [0, 0.05) is 58.2 Å². The van der Waals surface area contributed by atoms with E-state index < -0.39 is 11.9 Å². The Kier molecular flexibility index (Phi) is 8.47. The van der Waals surface area contributed by atoms with E-state index >= 15 is 0 Å². The number of thiophene rings is 1. The monoisotopic (exact) mass is 642 g/mol. The predicted molar refractivity (Wildman–Crippen MR) is 167 cm³/mol. The maximum Gasteiger partial charge on any atom is 0.338 e. The fourth-order valence-electron chi connectivity index (χ4n) is 6.41. The number of aromatic carboxylic acids is 1. The molecule has 0 spiro atoms. The van der Waals surface area contributed by atoms with Gasteiger partial charge in [0.05, 0.1) is 28.0 Å². The molecule has 232 valence electrons. The summed E-state index contributed by atoms with van der Waals surface area (Å²) >= 11 is 7.69. The number of alkyl halides is 2. The minimum atomic E-state index is -2.62. The Balaban J connectivity index is 1.23. The number of pyridine rings is 1. The third-order valence-corrected chi connectivity index (χ3v) is 9.89. The summed E-state index contributed by atoms with van der Waals surface area (Å²) in [5, 5.41) is 11.7. The third kappa shape index (κ3) is 6.09. The Morgan fingerprint density at radius 1 is 1.18 bits per heavy atom. The molecule has 4 aromatic rings. The van der Waals surface area contributed by atoms with E-state index in [4.69, 9.17) is 21.3 Å². The molecule has 0 unspecified atom stereocenters. The van der Waals surface area contributed by atoms with Gasteiger partial charge in [0.25, 0.3) is 5.56 Å². The van der Waals surface area contributed by atoms with Crippen LogP contribution in [-0.4, -0.2) is 62.2 Å². The molecule has 2 aliphatic rings. The van der Waals surface area contributed by atoms with Crippen LogP contribution in [0.3, 0.4) is 0 Å². The number of carboxylic acids is 1. The molecular weight excluding hydrogens is 610 g/mol. The number of carbonyl (C=O) groups is 1. The number of fused-ring (bicyclic) bond motifs is 2. The van der Waals surface area contributed by atoms with E-state index in [0.29, 0.717) is 76.0 Å². The van der Waals surface area contributed by atoms with E-state index in [-0.39, 0.29) is 43.2 Å². The molecule has 1 saturated heterocycles.